The Hall–Kier alpha value is -3.12. The Labute approximate surface area is 168 Å². The topological polar surface area (TPSA) is 76.1 Å². The van der Waals surface area contributed by atoms with Gasteiger partial charge in [-0.05, 0) is 56.7 Å². The van der Waals surface area contributed by atoms with E-state index in [1.165, 1.54) is 0 Å². The van der Waals surface area contributed by atoms with Crippen LogP contribution in [-0.2, 0) is 0 Å². The molecule has 7 heteroatoms. The monoisotopic (exact) mass is 396 g/mol. The Balaban J connectivity index is 1.84. The molecule has 0 saturated heterocycles. The molecular formula is C21H21ClN4O2. The fourth-order valence-electron chi connectivity index (χ4n) is 2.69. The van der Waals surface area contributed by atoms with Crippen LogP contribution in [0.15, 0.2) is 48.5 Å². The number of nitrogens with zero attached hydrogens (tertiary/aromatic N) is 2. The van der Waals surface area contributed by atoms with Gasteiger partial charge in [-0.25, -0.2) is 9.97 Å². The first kappa shape index (κ1) is 19.6. The zero-order valence-electron chi connectivity index (χ0n) is 15.9. The minimum absolute atomic E-state index is 0.257. The zero-order chi connectivity index (χ0) is 20.1. The van der Waals surface area contributed by atoms with Crippen molar-refractivity contribution in [1.29, 1.82) is 0 Å². The predicted octanol–water partition coefficient (Wildman–Crippen LogP) is 5.14. The lowest BCUT2D eigenvalue weighted by molar-refractivity contribution is 0.102. The van der Waals surface area contributed by atoms with Crippen molar-refractivity contribution in [2.24, 2.45) is 0 Å². The van der Waals surface area contributed by atoms with E-state index in [4.69, 9.17) is 16.3 Å². The molecule has 0 aliphatic heterocycles. The summed E-state index contributed by atoms with van der Waals surface area (Å²) in [5.74, 6) is 1.29. The van der Waals surface area contributed by atoms with Crippen molar-refractivity contribution < 1.29 is 9.53 Å². The van der Waals surface area contributed by atoms with Crippen molar-refractivity contribution in [3.8, 4) is 5.75 Å². The molecule has 0 unspecified atom stereocenters. The number of nitrogens with one attached hydrogen (secondary N) is 2. The third kappa shape index (κ3) is 4.78. The maximum atomic E-state index is 12.7. The third-order valence-corrected chi connectivity index (χ3v) is 4.19. The molecule has 0 aliphatic rings. The molecule has 1 heterocycles. The average molecular weight is 397 g/mol. The van der Waals surface area contributed by atoms with E-state index in [9.17, 15) is 4.79 Å². The van der Waals surface area contributed by atoms with Gasteiger partial charge < -0.3 is 15.4 Å². The predicted molar refractivity (Wildman–Crippen MR) is 112 cm³/mol. The second kappa shape index (κ2) is 8.71. The van der Waals surface area contributed by atoms with Crippen LogP contribution in [-0.4, -0.2) is 22.5 Å². The molecule has 0 atom stereocenters. The Morgan fingerprint density at radius 1 is 1.07 bits per heavy atom. The number of carbonyl (C=O) groups is 1. The van der Waals surface area contributed by atoms with Gasteiger partial charge in [0.2, 0.25) is 0 Å². The molecule has 0 radical (unpaired) electrons. The van der Waals surface area contributed by atoms with Gasteiger partial charge in [-0.2, -0.15) is 0 Å². The van der Waals surface area contributed by atoms with E-state index in [0.717, 1.165) is 11.3 Å². The normalized spacial score (nSPS) is 10.4. The Kier molecular flexibility index (Phi) is 6.11. The van der Waals surface area contributed by atoms with Crippen molar-refractivity contribution in [3.63, 3.8) is 0 Å². The molecule has 6 nitrogen and oxygen atoms in total. The van der Waals surface area contributed by atoms with Gasteiger partial charge >= 0.3 is 0 Å². The van der Waals surface area contributed by atoms with Crippen LogP contribution in [0.2, 0.25) is 5.02 Å². The van der Waals surface area contributed by atoms with Crippen LogP contribution < -0.4 is 15.4 Å². The highest BCUT2D eigenvalue weighted by Gasteiger charge is 2.14. The van der Waals surface area contributed by atoms with Crippen LogP contribution in [0.25, 0.3) is 0 Å². The summed E-state index contributed by atoms with van der Waals surface area (Å²) in [6, 6.07) is 14.4. The lowest BCUT2D eigenvalue weighted by Crippen LogP contribution is -2.16. The zero-order valence-corrected chi connectivity index (χ0v) is 16.7. The number of aromatic nitrogens is 2. The average Bonchev–Trinajstić information content (AvgIpc) is 2.65. The fourth-order valence-corrected chi connectivity index (χ4v) is 2.92. The third-order valence-electron chi connectivity index (χ3n) is 3.96. The van der Waals surface area contributed by atoms with Crippen LogP contribution in [0, 0.1) is 13.8 Å². The highest BCUT2D eigenvalue weighted by atomic mass is 35.5. The first-order valence-electron chi connectivity index (χ1n) is 8.88. The number of amides is 1. The summed E-state index contributed by atoms with van der Waals surface area (Å²) in [5, 5.41) is 6.73. The van der Waals surface area contributed by atoms with Crippen LogP contribution in [0.5, 0.6) is 5.75 Å². The lowest BCUT2D eigenvalue weighted by atomic mass is 10.2. The number of rotatable bonds is 6. The Morgan fingerprint density at radius 3 is 2.61 bits per heavy atom. The molecule has 0 spiro atoms. The molecule has 1 amide bonds. The van der Waals surface area contributed by atoms with Gasteiger partial charge in [0.15, 0.2) is 0 Å². The molecule has 2 N–H and O–H groups in total. The Bertz CT molecular complexity index is 1010. The molecule has 3 rings (SSSR count). The van der Waals surface area contributed by atoms with Crippen molar-refractivity contribution in [3.05, 3.63) is 70.6 Å². The minimum atomic E-state index is -0.339. The van der Waals surface area contributed by atoms with E-state index in [-0.39, 0.29) is 11.6 Å². The van der Waals surface area contributed by atoms with Gasteiger partial charge in [0.1, 0.15) is 23.1 Å². The first-order valence-corrected chi connectivity index (χ1v) is 9.26. The van der Waals surface area contributed by atoms with Gasteiger partial charge in [0.25, 0.3) is 5.91 Å². The van der Waals surface area contributed by atoms with Crippen LogP contribution in [0.4, 0.5) is 17.2 Å². The maximum Gasteiger partial charge on any atom is 0.274 e. The molecule has 2 aromatic carbocycles. The highest BCUT2D eigenvalue weighted by Crippen LogP contribution is 2.25. The van der Waals surface area contributed by atoms with E-state index in [0.29, 0.717) is 34.7 Å². The maximum absolute atomic E-state index is 12.7. The van der Waals surface area contributed by atoms with Crippen molar-refractivity contribution in [2.45, 2.75) is 20.8 Å². The van der Waals surface area contributed by atoms with Gasteiger partial charge in [-0.1, -0.05) is 23.7 Å². The van der Waals surface area contributed by atoms with Crippen molar-refractivity contribution in [2.75, 3.05) is 17.2 Å². The fraction of sp³-hybridized carbons (Fsp3) is 0.190. The van der Waals surface area contributed by atoms with E-state index in [1.54, 1.807) is 31.2 Å². The summed E-state index contributed by atoms with van der Waals surface area (Å²) >= 11 is 6.01. The van der Waals surface area contributed by atoms with E-state index >= 15 is 0 Å². The summed E-state index contributed by atoms with van der Waals surface area (Å²) in [5.41, 5.74) is 2.68. The number of hydrogen-bond donors (Lipinski definition) is 2. The number of hydrogen-bond acceptors (Lipinski definition) is 5. The molecule has 0 aliphatic carbocycles. The SMILES string of the molecule is CCOc1ccccc1NC(=O)c1cc(Nc2ccc(Cl)cc2C)nc(C)n1. The van der Waals surface area contributed by atoms with E-state index in [1.807, 2.05) is 38.1 Å². The highest BCUT2D eigenvalue weighted by molar-refractivity contribution is 6.30. The molecule has 0 fully saturated rings. The van der Waals surface area contributed by atoms with Crippen LogP contribution in [0.3, 0.4) is 0 Å². The summed E-state index contributed by atoms with van der Waals surface area (Å²) in [4.78, 5) is 21.4. The molecular weight excluding hydrogens is 376 g/mol. The number of ether oxygens (including phenoxy) is 1. The second-order valence-electron chi connectivity index (χ2n) is 6.15. The van der Waals surface area contributed by atoms with Crippen molar-refractivity contribution in [1.82, 2.24) is 9.97 Å². The number of carbonyl (C=O) groups excluding carboxylic acids is 1. The number of para-hydroxylation sites is 2. The number of halogens is 1. The molecule has 0 saturated carbocycles. The van der Waals surface area contributed by atoms with Gasteiger partial charge in [0.05, 0.1) is 12.3 Å². The Morgan fingerprint density at radius 2 is 1.86 bits per heavy atom. The molecule has 144 valence electrons. The lowest BCUT2D eigenvalue weighted by Gasteiger charge is -2.13. The largest absolute Gasteiger partial charge is 0.492 e. The summed E-state index contributed by atoms with van der Waals surface area (Å²) in [6.45, 7) is 6.09. The summed E-state index contributed by atoms with van der Waals surface area (Å²) in [7, 11) is 0. The molecule has 0 bridgehead atoms. The minimum Gasteiger partial charge on any atom is -0.492 e. The standard InChI is InChI=1S/C21H21ClN4O2/c1-4-28-19-8-6-5-7-17(19)26-21(27)18-12-20(24-14(3)23-18)25-16-10-9-15(22)11-13(16)2/h5-12H,4H2,1-3H3,(H,26,27)(H,23,24,25). The number of anilines is 3. The first-order chi connectivity index (χ1) is 13.5. The van der Waals surface area contributed by atoms with Gasteiger partial charge in [-0.3, -0.25) is 4.79 Å². The van der Waals surface area contributed by atoms with Gasteiger partial charge in [0, 0.05) is 16.8 Å². The van der Waals surface area contributed by atoms with Crippen LogP contribution in [0.1, 0.15) is 28.8 Å². The van der Waals surface area contributed by atoms with E-state index < -0.39 is 0 Å². The second-order valence-corrected chi connectivity index (χ2v) is 6.59. The summed E-state index contributed by atoms with van der Waals surface area (Å²) < 4.78 is 5.55. The molecule has 3 aromatic rings. The van der Waals surface area contributed by atoms with Gasteiger partial charge in [-0.15, -0.1) is 0 Å². The summed E-state index contributed by atoms with van der Waals surface area (Å²) in [6.07, 6.45) is 0. The van der Waals surface area contributed by atoms with Crippen LogP contribution >= 0.6 is 11.6 Å². The van der Waals surface area contributed by atoms with E-state index in [2.05, 4.69) is 20.6 Å². The number of aryl methyl sites for hydroxylation is 2. The van der Waals surface area contributed by atoms with Crippen molar-refractivity contribution >= 4 is 34.7 Å². The quantitative estimate of drug-likeness (QED) is 0.603. The number of benzene rings is 2. The molecule has 1 aromatic heterocycles. The smallest absolute Gasteiger partial charge is 0.274 e. The molecule has 28 heavy (non-hydrogen) atoms.